The predicted octanol–water partition coefficient (Wildman–Crippen LogP) is 4.51. The lowest BCUT2D eigenvalue weighted by atomic mass is 10.3. The van der Waals surface area contributed by atoms with Crippen LogP contribution in [-0.4, -0.2) is 24.5 Å². The summed E-state index contributed by atoms with van der Waals surface area (Å²) >= 11 is 3.16. The van der Waals surface area contributed by atoms with E-state index in [1.54, 1.807) is 11.3 Å². The van der Waals surface area contributed by atoms with Crippen molar-refractivity contribution in [3.63, 3.8) is 0 Å². The van der Waals surface area contributed by atoms with Crippen molar-refractivity contribution >= 4 is 50.3 Å². The van der Waals surface area contributed by atoms with Crippen LogP contribution in [0.4, 0.5) is 5.82 Å². The molecule has 3 heterocycles. The number of nitrogen functional groups attached to an aromatic ring is 1. The second kappa shape index (κ2) is 7.79. The van der Waals surface area contributed by atoms with Crippen molar-refractivity contribution in [3.8, 4) is 0 Å². The summed E-state index contributed by atoms with van der Waals surface area (Å²) in [6.07, 6.45) is 4.09. The molecule has 0 unspecified atom stereocenters. The average Bonchev–Trinajstić information content (AvgIpc) is 3.18. The van der Waals surface area contributed by atoms with Gasteiger partial charge in [-0.25, -0.2) is 19.9 Å². The number of nitrogens with two attached hydrogens (primary N) is 1. The largest absolute Gasteiger partial charge is 0.382 e. The Morgan fingerprint density at radius 2 is 1.88 bits per heavy atom. The molecule has 4 rings (SSSR count). The van der Waals surface area contributed by atoms with Crippen molar-refractivity contribution in [2.45, 2.75) is 36.2 Å². The van der Waals surface area contributed by atoms with Crippen molar-refractivity contribution in [2.24, 2.45) is 7.05 Å². The normalized spacial score (nSPS) is 10.8. The quantitative estimate of drug-likeness (QED) is 0.569. The second-order valence-electron chi connectivity index (χ2n) is 5.43. The van der Waals surface area contributed by atoms with Crippen molar-refractivity contribution in [3.05, 3.63) is 30.6 Å². The van der Waals surface area contributed by atoms with Crippen molar-refractivity contribution in [2.75, 3.05) is 5.73 Å². The zero-order valence-corrected chi connectivity index (χ0v) is 16.1. The van der Waals surface area contributed by atoms with Crippen LogP contribution in [0, 0.1) is 0 Å². The molecule has 0 saturated carbocycles. The average molecular weight is 373 g/mol. The first-order chi connectivity index (χ1) is 12.1. The number of rotatable bonds is 3. The Hall–Kier alpha value is -2.19. The summed E-state index contributed by atoms with van der Waals surface area (Å²) < 4.78 is 4.02. The van der Waals surface area contributed by atoms with Gasteiger partial charge in [-0.2, -0.15) is 0 Å². The first-order valence-electron chi connectivity index (χ1n) is 8.10. The minimum absolute atomic E-state index is 0.395. The van der Waals surface area contributed by atoms with E-state index in [4.69, 9.17) is 5.73 Å². The number of imidazole rings is 1. The molecule has 0 fully saturated rings. The van der Waals surface area contributed by atoms with E-state index < -0.39 is 0 Å². The van der Waals surface area contributed by atoms with Crippen LogP contribution in [0.3, 0.4) is 0 Å². The number of para-hydroxylation sites is 1. The third-order valence-corrected chi connectivity index (χ3v) is 5.74. The van der Waals surface area contributed by atoms with Gasteiger partial charge in [-0.1, -0.05) is 38.8 Å². The van der Waals surface area contributed by atoms with Gasteiger partial charge < -0.3 is 10.3 Å². The highest BCUT2D eigenvalue weighted by Crippen LogP contribution is 2.34. The Morgan fingerprint density at radius 1 is 1.12 bits per heavy atom. The highest BCUT2D eigenvalue weighted by Gasteiger charge is 2.15. The maximum absolute atomic E-state index is 5.84. The lowest BCUT2D eigenvalue weighted by molar-refractivity contribution is 0.805. The molecule has 0 bridgehead atoms. The first-order valence-corrected chi connectivity index (χ1v) is 9.73. The molecule has 8 heteroatoms. The van der Waals surface area contributed by atoms with Crippen molar-refractivity contribution < 1.29 is 0 Å². The first kappa shape index (κ1) is 17.6. The molecular formula is C17H20N6S2. The fraction of sp³-hybridized carbons (Fsp3) is 0.294. The molecule has 0 radical (unpaired) electrons. The Morgan fingerprint density at radius 3 is 2.56 bits per heavy atom. The smallest absolute Gasteiger partial charge is 0.177 e. The number of thiazole rings is 1. The monoisotopic (exact) mass is 372 g/mol. The molecule has 2 N–H and O–H groups in total. The minimum Gasteiger partial charge on any atom is -0.382 e. The molecule has 0 aliphatic heterocycles. The van der Waals surface area contributed by atoms with Gasteiger partial charge in [0.05, 0.1) is 10.2 Å². The van der Waals surface area contributed by atoms with Crippen LogP contribution < -0.4 is 5.73 Å². The van der Waals surface area contributed by atoms with Crippen LogP contribution in [0.1, 0.15) is 26.7 Å². The van der Waals surface area contributed by atoms with Gasteiger partial charge in [0.25, 0.3) is 0 Å². The number of benzene rings is 1. The molecule has 4 aromatic rings. The van der Waals surface area contributed by atoms with E-state index in [0.29, 0.717) is 11.3 Å². The predicted molar refractivity (Wildman–Crippen MR) is 105 cm³/mol. The molecule has 0 saturated heterocycles. The summed E-state index contributed by atoms with van der Waals surface area (Å²) in [6.45, 7) is 4.36. The SMILES string of the molecule is CCCC.Cn1c(Sc2nc3ccccc3s2)nc2c(N)ncnc21. The zero-order chi connectivity index (χ0) is 17.8. The number of anilines is 1. The highest BCUT2D eigenvalue weighted by atomic mass is 32.2. The number of unbranched alkanes of at least 4 members (excludes halogenated alkanes) is 1. The Bertz CT molecular complexity index is 956. The van der Waals surface area contributed by atoms with E-state index in [0.717, 1.165) is 25.4 Å². The third-order valence-electron chi connectivity index (χ3n) is 3.60. The molecule has 3 aromatic heterocycles. The number of nitrogens with zero attached hydrogens (tertiary/aromatic N) is 5. The lowest BCUT2D eigenvalue weighted by Crippen LogP contribution is -1.95. The van der Waals surface area contributed by atoms with E-state index in [2.05, 4.69) is 39.8 Å². The Labute approximate surface area is 154 Å². The molecule has 6 nitrogen and oxygen atoms in total. The van der Waals surface area contributed by atoms with Crippen LogP contribution >= 0.6 is 23.1 Å². The zero-order valence-electron chi connectivity index (χ0n) is 14.4. The van der Waals surface area contributed by atoms with Gasteiger partial charge in [0, 0.05) is 7.05 Å². The molecule has 0 amide bonds. The maximum atomic E-state index is 5.84. The number of aromatic nitrogens is 5. The number of hydrogen-bond donors (Lipinski definition) is 1. The van der Waals surface area contributed by atoms with Crippen LogP contribution in [0.2, 0.25) is 0 Å². The third kappa shape index (κ3) is 3.74. The second-order valence-corrected chi connectivity index (χ2v) is 7.68. The van der Waals surface area contributed by atoms with E-state index in [9.17, 15) is 0 Å². The molecule has 130 valence electrons. The maximum Gasteiger partial charge on any atom is 0.177 e. The van der Waals surface area contributed by atoms with Crippen LogP contribution in [0.5, 0.6) is 0 Å². The van der Waals surface area contributed by atoms with E-state index in [1.165, 1.54) is 30.9 Å². The summed E-state index contributed by atoms with van der Waals surface area (Å²) in [6, 6.07) is 8.08. The van der Waals surface area contributed by atoms with Crippen LogP contribution in [-0.2, 0) is 7.05 Å². The molecule has 0 spiro atoms. The van der Waals surface area contributed by atoms with Gasteiger partial charge in [-0.3, -0.25) is 0 Å². The van der Waals surface area contributed by atoms with Crippen LogP contribution in [0.15, 0.2) is 40.1 Å². The van der Waals surface area contributed by atoms with E-state index in [1.807, 2.05) is 29.8 Å². The minimum atomic E-state index is 0.395. The van der Waals surface area contributed by atoms with Gasteiger partial charge in [0.2, 0.25) is 0 Å². The summed E-state index contributed by atoms with van der Waals surface area (Å²) in [5, 5.41) is 0.802. The Balaban J connectivity index is 0.000000415. The summed E-state index contributed by atoms with van der Waals surface area (Å²) in [4.78, 5) is 17.3. The van der Waals surface area contributed by atoms with E-state index >= 15 is 0 Å². The molecule has 0 aliphatic carbocycles. The number of hydrogen-bond acceptors (Lipinski definition) is 7. The number of fused-ring (bicyclic) bond motifs is 2. The fourth-order valence-corrected chi connectivity index (χ4v) is 4.08. The summed E-state index contributed by atoms with van der Waals surface area (Å²) in [5.41, 5.74) is 8.20. The van der Waals surface area contributed by atoms with Gasteiger partial charge in [0.1, 0.15) is 6.33 Å². The Kier molecular flexibility index (Phi) is 5.50. The molecule has 0 aliphatic rings. The molecular weight excluding hydrogens is 352 g/mol. The van der Waals surface area contributed by atoms with Gasteiger partial charge in [0.15, 0.2) is 26.5 Å². The van der Waals surface area contributed by atoms with Gasteiger partial charge in [-0.15, -0.1) is 11.3 Å². The highest BCUT2D eigenvalue weighted by molar-refractivity contribution is 8.01. The number of aryl methyl sites for hydroxylation is 1. The molecule has 0 atom stereocenters. The standard InChI is InChI=1S/C13H10N6S2.C4H10/c1-19-11-9(10(14)15-6-16-11)18-12(19)21-13-17-7-4-2-3-5-8(7)20-13;1-3-4-2/h2-6H,1H3,(H2,14,15,16);3-4H2,1-2H3. The van der Waals surface area contributed by atoms with Crippen molar-refractivity contribution in [1.29, 1.82) is 0 Å². The fourth-order valence-electron chi connectivity index (χ4n) is 2.06. The topological polar surface area (TPSA) is 82.5 Å². The molecule has 1 aromatic carbocycles. The summed E-state index contributed by atoms with van der Waals surface area (Å²) in [7, 11) is 1.91. The van der Waals surface area contributed by atoms with Gasteiger partial charge in [-0.05, 0) is 23.9 Å². The molecule has 25 heavy (non-hydrogen) atoms. The summed E-state index contributed by atoms with van der Waals surface area (Å²) in [5.74, 6) is 0.395. The van der Waals surface area contributed by atoms with Crippen LogP contribution in [0.25, 0.3) is 21.4 Å². The van der Waals surface area contributed by atoms with Gasteiger partial charge >= 0.3 is 0 Å². The van der Waals surface area contributed by atoms with Crippen molar-refractivity contribution in [1.82, 2.24) is 24.5 Å². The lowest BCUT2D eigenvalue weighted by Gasteiger charge is -1.97. The van der Waals surface area contributed by atoms with E-state index in [-0.39, 0.29) is 0 Å².